The number of rotatable bonds is 3. The Morgan fingerprint density at radius 1 is 1.71 bits per heavy atom. The Labute approximate surface area is 88.0 Å². The Hall–Kier alpha value is -1.03. The van der Waals surface area contributed by atoms with Crippen molar-refractivity contribution in [3.63, 3.8) is 0 Å². The summed E-state index contributed by atoms with van der Waals surface area (Å²) in [5, 5.41) is 5.30. The van der Waals surface area contributed by atoms with Crippen molar-refractivity contribution < 1.29 is 0 Å². The zero-order valence-corrected chi connectivity index (χ0v) is 9.10. The van der Waals surface area contributed by atoms with E-state index < -0.39 is 0 Å². The van der Waals surface area contributed by atoms with E-state index in [0.29, 0.717) is 18.5 Å². The number of aliphatic imine (C=N–C) groups is 1. The third-order valence-corrected chi connectivity index (χ3v) is 3.16. The second kappa shape index (κ2) is 4.00. The van der Waals surface area contributed by atoms with E-state index in [9.17, 15) is 0 Å². The van der Waals surface area contributed by atoms with Gasteiger partial charge in [0.2, 0.25) is 0 Å². The summed E-state index contributed by atoms with van der Waals surface area (Å²) in [4.78, 5) is 5.55. The summed E-state index contributed by atoms with van der Waals surface area (Å²) in [5.74, 6) is 0.582. The topological polar surface area (TPSA) is 50.4 Å². The van der Waals surface area contributed by atoms with Crippen LogP contribution in [0.2, 0.25) is 0 Å². The molecule has 3 N–H and O–H groups in total. The summed E-state index contributed by atoms with van der Waals surface area (Å²) in [7, 11) is 0. The van der Waals surface area contributed by atoms with E-state index >= 15 is 0 Å². The number of guanidine groups is 1. The van der Waals surface area contributed by atoms with Crippen LogP contribution in [-0.2, 0) is 6.54 Å². The van der Waals surface area contributed by atoms with Gasteiger partial charge in [-0.2, -0.15) is 0 Å². The van der Waals surface area contributed by atoms with E-state index in [4.69, 9.17) is 5.73 Å². The smallest absolute Gasteiger partial charge is 0.189 e. The Kier molecular flexibility index (Phi) is 2.72. The van der Waals surface area contributed by atoms with Crippen molar-refractivity contribution in [1.29, 1.82) is 0 Å². The summed E-state index contributed by atoms with van der Waals surface area (Å²) in [5.41, 5.74) is 7.01. The molecule has 1 aromatic heterocycles. The van der Waals surface area contributed by atoms with Crippen LogP contribution in [0.1, 0.15) is 23.3 Å². The van der Waals surface area contributed by atoms with Crippen molar-refractivity contribution >= 4 is 17.3 Å². The monoisotopic (exact) mass is 209 g/mol. The maximum Gasteiger partial charge on any atom is 0.189 e. The lowest BCUT2D eigenvalue weighted by molar-refractivity contribution is 0.881. The number of nitrogens with one attached hydrogen (secondary N) is 1. The number of thiophene rings is 1. The van der Waals surface area contributed by atoms with Crippen LogP contribution < -0.4 is 11.1 Å². The molecule has 1 saturated carbocycles. The summed E-state index contributed by atoms with van der Waals surface area (Å²) in [6.45, 7) is 2.79. The maximum absolute atomic E-state index is 5.71. The molecule has 1 aliphatic rings. The van der Waals surface area contributed by atoms with Gasteiger partial charge >= 0.3 is 0 Å². The predicted octanol–water partition coefficient (Wildman–Crippen LogP) is 1.62. The molecule has 0 aliphatic heterocycles. The summed E-state index contributed by atoms with van der Waals surface area (Å²) >= 11 is 1.74. The highest BCUT2D eigenvalue weighted by molar-refractivity contribution is 7.10. The van der Waals surface area contributed by atoms with E-state index in [1.807, 2.05) is 0 Å². The van der Waals surface area contributed by atoms with Gasteiger partial charge in [-0.1, -0.05) is 0 Å². The molecule has 0 bridgehead atoms. The van der Waals surface area contributed by atoms with Gasteiger partial charge in [0.1, 0.15) is 0 Å². The van der Waals surface area contributed by atoms with Gasteiger partial charge in [-0.3, -0.25) is 0 Å². The molecular formula is C10H15N3S. The average molecular weight is 209 g/mol. The molecule has 0 radical (unpaired) electrons. The van der Waals surface area contributed by atoms with Gasteiger partial charge in [0.15, 0.2) is 5.96 Å². The first-order chi connectivity index (χ1) is 6.74. The van der Waals surface area contributed by atoms with Crippen LogP contribution in [0.5, 0.6) is 0 Å². The first-order valence-corrected chi connectivity index (χ1v) is 5.72. The highest BCUT2D eigenvalue weighted by Gasteiger charge is 2.21. The number of hydrogen-bond donors (Lipinski definition) is 2. The normalized spacial score (nSPS) is 17.1. The Balaban J connectivity index is 1.84. The van der Waals surface area contributed by atoms with Gasteiger partial charge in [0, 0.05) is 10.9 Å². The molecule has 76 valence electrons. The molecule has 0 amide bonds. The van der Waals surface area contributed by atoms with Crippen LogP contribution in [-0.4, -0.2) is 12.0 Å². The number of aryl methyl sites for hydroxylation is 1. The third-order valence-electron chi connectivity index (χ3n) is 2.12. The van der Waals surface area contributed by atoms with Crippen molar-refractivity contribution in [1.82, 2.24) is 5.32 Å². The molecule has 0 unspecified atom stereocenters. The SMILES string of the molecule is Cc1csc(CN=C(N)NC2CC2)c1. The van der Waals surface area contributed by atoms with Crippen LogP contribution in [0.3, 0.4) is 0 Å². The lowest BCUT2D eigenvalue weighted by atomic mass is 10.3. The Bertz CT molecular complexity index is 339. The molecule has 0 spiro atoms. The minimum Gasteiger partial charge on any atom is -0.370 e. The molecule has 1 aliphatic carbocycles. The Morgan fingerprint density at radius 2 is 2.50 bits per heavy atom. The standard InChI is InChI=1S/C10H15N3S/c1-7-4-9(14-6-7)5-12-10(11)13-8-2-3-8/h4,6,8H,2-3,5H2,1H3,(H3,11,12,13). The van der Waals surface area contributed by atoms with Crippen LogP contribution >= 0.6 is 11.3 Å². The predicted molar refractivity (Wildman–Crippen MR) is 60.5 cm³/mol. The largest absolute Gasteiger partial charge is 0.370 e. The van der Waals surface area contributed by atoms with Crippen molar-refractivity contribution in [2.75, 3.05) is 0 Å². The number of nitrogens with two attached hydrogens (primary N) is 1. The molecule has 3 nitrogen and oxygen atoms in total. The maximum atomic E-state index is 5.71. The van der Waals surface area contributed by atoms with Gasteiger partial charge in [-0.05, 0) is 36.8 Å². The van der Waals surface area contributed by atoms with Gasteiger partial charge in [-0.25, -0.2) is 4.99 Å². The van der Waals surface area contributed by atoms with E-state index in [0.717, 1.165) is 0 Å². The second-order valence-electron chi connectivity index (χ2n) is 3.71. The van der Waals surface area contributed by atoms with Crippen LogP contribution in [0.25, 0.3) is 0 Å². The quantitative estimate of drug-likeness (QED) is 0.587. The minimum absolute atomic E-state index is 0.582. The van der Waals surface area contributed by atoms with Crippen LogP contribution in [0, 0.1) is 6.92 Å². The Morgan fingerprint density at radius 3 is 3.07 bits per heavy atom. The first-order valence-electron chi connectivity index (χ1n) is 4.84. The van der Waals surface area contributed by atoms with Gasteiger partial charge < -0.3 is 11.1 Å². The zero-order valence-electron chi connectivity index (χ0n) is 8.29. The van der Waals surface area contributed by atoms with Gasteiger partial charge in [-0.15, -0.1) is 11.3 Å². The fourth-order valence-electron chi connectivity index (χ4n) is 1.22. The lowest BCUT2D eigenvalue weighted by Crippen LogP contribution is -2.33. The molecule has 1 heterocycles. The van der Waals surface area contributed by atoms with Crippen molar-refractivity contribution in [3.8, 4) is 0 Å². The first kappa shape index (κ1) is 9.52. The van der Waals surface area contributed by atoms with E-state index in [1.54, 1.807) is 11.3 Å². The summed E-state index contributed by atoms with van der Waals surface area (Å²) in [6, 6.07) is 2.74. The molecule has 0 aromatic carbocycles. The molecule has 0 atom stereocenters. The highest BCUT2D eigenvalue weighted by atomic mass is 32.1. The van der Waals surface area contributed by atoms with Gasteiger partial charge in [0.05, 0.1) is 6.54 Å². The fourth-order valence-corrected chi connectivity index (χ4v) is 2.02. The fraction of sp³-hybridized carbons (Fsp3) is 0.500. The minimum atomic E-state index is 0.582. The van der Waals surface area contributed by atoms with Crippen LogP contribution in [0.15, 0.2) is 16.4 Å². The van der Waals surface area contributed by atoms with Crippen molar-refractivity contribution in [2.45, 2.75) is 32.4 Å². The molecule has 0 saturated heterocycles. The van der Waals surface area contributed by atoms with E-state index in [2.05, 4.69) is 28.7 Å². The molecule has 4 heteroatoms. The molecular weight excluding hydrogens is 194 g/mol. The highest BCUT2D eigenvalue weighted by Crippen LogP contribution is 2.18. The average Bonchev–Trinajstić information content (AvgIpc) is 2.85. The van der Waals surface area contributed by atoms with Crippen molar-refractivity contribution in [2.24, 2.45) is 10.7 Å². The van der Waals surface area contributed by atoms with E-state index in [-0.39, 0.29) is 0 Å². The molecule has 14 heavy (non-hydrogen) atoms. The van der Waals surface area contributed by atoms with Crippen molar-refractivity contribution in [3.05, 3.63) is 21.9 Å². The third kappa shape index (κ3) is 2.73. The van der Waals surface area contributed by atoms with Gasteiger partial charge in [0.25, 0.3) is 0 Å². The number of nitrogens with zero attached hydrogens (tertiary/aromatic N) is 1. The molecule has 1 aromatic rings. The van der Waals surface area contributed by atoms with Crippen LogP contribution in [0.4, 0.5) is 0 Å². The summed E-state index contributed by atoms with van der Waals surface area (Å²) in [6.07, 6.45) is 2.46. The summed E-state index contributed by atoms with van der Waals surface area (Å²) < 4.78 is 0. The molecule has 2 rings (SSSR count). The second-order valence-corrected chi connectivity index (χ2v) is 4.71. The van der Waals surface area contributed by atoms with E-state index in [1.165, 1.54) is 23.3 Å². The lowest BCUT2D eigenvalue weighted by Gasteiger charge is -2.01. The zero-order chi connectivity index (χ0) is 9.97. The molecule has 1 fully saturated rings. The number of hydrogen-bond acceptors (Lipinski definition) is 2.